The Morgan fingerprint density at radius 3 is 0.893 bits per heavy atom. The molecule has 0 aliphatic heterocycles. The SMILES string of the molecule is C1CCCCC1.C1C[C@@H]2C3CCC(C3)[C@@H]2C1.CCC.CCC.CCC.CCC. The van der Waals surface area contributed by atoms with Crippen LogP contribution in [0.3, 0.4) is 0 Å². The molecule has 0 heteroatoms. The molecule has 172 valence electrons. The van der Waals surface area contributed by atoms with Gasteiger partial charge in [0.25, 0.3) is 0 Å². The summed E-state index contributed by atoms with van der Waals surface area (Å²) in [7, 11) is 0. The lowest BCUT2D eigenvalue weighted by Crippen LogP contribution is -2.15. The highest BCUT2D eigenvalue weighted by molar-refractivity contribution is 4.98. The Morgan fingerprint density at radius 1 is 0.393 bits per heavy atom. The number of hydrogen-bond donors (Lipinski definition) is 0. The quantitative estimate of drug-likeness (QED) is 0.382. The summed E-state index contributed by atoms with van der Waals surface area (Å²) in [5.41, 5.74) is 0. The summed E-state index contributed by atoms with van der Waals surface area (Å²) in [6.07, 6.45) is 23.5. The normalized spacial score (nSPS) is 28.3. The molecule has 4 rings (SSSR count). The van der Waals surface area contributed by atoms with Crippen molar-refractivity contribution in [2.75, 3.05) is 0 Å². The van der Waals surface area contributed by atoms with Gasteiger partial charge in [0.05, 0.1) is 0 Å². The topological polar surface area (TPSA) is 0 Å². The van der Waals surface area contributed by atoms with Crippen molar-refractivity contribution < 1.29 is 0 Å². The van der Waals surface area contributed by atoms with Crippen molar-refractivity contribution in [3.8, 4) is 0 Å². The van der Waals surface area contributed by atoms with Gasteiger partial charge in [-0.15, -0.1) is 0 Å². The number of rotatable bonds is 0. The second-order valence-electron chi connectivity index (χ2n) is 9.54. The standard InChI is InChI=1S/C10H16.C6H12.4C3H8/c1-2-9-7-4-5-8(6-7)10(9)3-1;1-2-4-6-5-3-1;4*1-3-2/h7-10H,1-6H2;1-6H2;4*3H2,1-2H3/t7?,8?,9-,10+;;;;;. The molecular formula is C28H60. The molecule has 0 N–H and O–H groups in total. The van der Waals surface area contributed by atoms with Crippen molar-refractivity contribution >= 4 is 0 Å². The number of hydrogen-bond acceptors (Lipinski definition) is 0. The zero-order valence-electron chi connectivity index (χ0n) is 21.6. The van der Waals surface area contributed by atoms with Gasteiger partial charge in [-0.1, -0.05) is 126 Å². The third-order valence-electron chi connectivity index (χ3n) is 5.85. The van der Waals surface area contributed by atoms with E-state index in [9.17, 15) is 0 Å². The Balaban J connectivity index is 0. The molecule has 2 bridgehead atoms. The predicted molar refractivity (Wildman–Crippen MR) is 133 cm³/mol. The minimum Gasteiger partial charge on any atom is -0.0656 e. The van der Waals surface area contributed by atoms with Crippen molar-refractivity contribution in [3.05, 3.63) is 0 Å². The molecule has 0 nitrogen and oxygen atoms in total. The largest absolute Gasteiger partial charge is 0.0656 e. The second kappa shape index (κ2) is 23.3. The third kappa shape index (κ3) is 14.9. The molecule has 4 fully saturated rings. The molecular weight excluding hydrogens is 336 g/mol. The lowest BCUT2D eigenvalue weighted by molar-refractivity contribution is 0.259. The molecule has 0 amide bonds. The van der Waals surface area contributed by atoms with Crippen LogP contribution in [0.1, 0.15) is 158 Å². The average Bonchev–Trinajstić information content (AvgIpc) is 3.42. The van der Waals surface area contributed by atoms with Gasteiger partial charge in [0.2, 0.25) is 0 Å². The fraction of sp³-hybridized carbons (Fsp3) is 1.00. The minimum absolute atomic E-state index is 1.19. The van der Waals surface area contributed by atoms with E-state index in [-0.39, 0.29) is 0 Å². The molecule has 4 aliphatic carbocycles. The molecule has 0 aromatic rings. The van der Waals surface area contributed by atoms with E-state index < -0.39 is 0 Å². The maximum Gasteiger partial charge on any atom is -0.0355 e. The van der Waals surface area contributed by atoms with E-state index in [4.69, 9.17) is 0 Å². The predicted octanol–water partition coefficient (Wildman–Crippen LogP) is 10.8. The molecule has 0 heterocycles. The van der Waals surface area contributed by atoms with Crippen molar-refractivity contribution in [2.24, 2.45) is 23.7 Å². The summed E-state index contributed by atoms with van der Waals surface area (Å²) in [6, 6.07) is 0. The smallest absolute Gasteiger partial charge is 0.0355 e. The van der Waals surface area contributed by atoms with Crippen LogP contribution in [0, 0.1) is 23.7 Å². The van der Waals surface area contributed by atoms with Crippen LogP contribution in [0.4, 0.5) is 0 Å². The molecule has 0 saturated heterocycles. The molecule has 4 atom stereocenters. The van der Waals surface area contributed by atoms with Crippen LogP contribution < -0.4 is 0 Å². The van der Waals surface area contributed by atoms with E-state index in [1.807, 2.05) is 0 Å². The summed E-state index contributed by atoms with van der Waals surface area (Å²) in [5.74, 6) is 4.80. The monoisotopic (exact) mass is 396 g/mol. The minimum atomic E-state index is 1.19. The molecule has 28 heavy (non-hydrogen) atoms. The Kier molecular flexibility index (Phi) is 25.1. The lowest BCUT2D eigenvalue weighted by Gasteiger charge is -2.23. The van der Waals surface area contributed by atoms with Gasteiger partial charge < -0.3 is 0 Å². The van der Waals surface area contributed by atoms with E-state index in [1.54, 1.807) is 38.5 Å². The fourth-order valence-electron chi connectivity index (χ4n) is 5.08. The lowest BCUT2D eigenvalue weighted by atomic mass is 9.82. The summed E-state index contributed by atoms with van der Waals surface area (Å²) in [6.45, 7) is 17.0. The van der Waals surface area contributed by atoms with Crippen LogP contribution in [0.2, 0.25) is 0 Å². The molecule has 4 aliphatic rings. The zero-order chi connectivity index (χ0) is 21.6. The second-order valence-corrected chi connectivity index (χ2v) is 9.54. The summed E-state index contributed by atoms with van der Waals surface area (Å²) < 4.78 is 0. The van der Waals surface area contributed by atoms with Gasteiger partial charge in [0.1, 0.15) is 0 Å². The Morgan fingerprint density at radius 2 is 0.643 bits per heavy atom. The fourth-order valence-corrected chi connectivity index (χ4v) is 5.08. The molecule has 0 aromatic carbocycles. The van der Waals surface area contributed by atoms with E-state index in [1.165, 1.54) is 87.9 Å². The first-order valence-electron chi connectivity index (χ1n) is 13.6. The third-order valence-corrected chi connectivity index (χ3v) is 5.85. The average molecular weight is 397 g/mol. The Hall–Kier alpha value is 0. The van der Waals surface area contributed by atoms with Gasteiger partial charge in [0.15, 0.2) is 0 Å². The van der Waals surface area contributed by atoms with Gasteiger partial charge in [-0.3, -0.25) is 0 Å². The van der Waals surface area contributed by atoms with E-state index in [0.29, 0.717) is 0 Å². The summed E-state index contributed by atoms with van der Waals surface area (Å²) in [4.78, 5) is 0. The molecule has 0 radical (unpaired) electrons. The van der Waals surface area contributed by atoms with Crippen molar-refractivity contribution in [2.45, 2.75) is 158 Å². The van der Waals surface area contributed by atoms with Crippen molar-refractivity contribution in [1.82, 2.24) is 0 Å². The van der Waals surface area contributed by atoms with Crippen LogP contribution in [-0.4, -0.2) is 0 Å². The molecule has 4 saturated carbocycles. The first kappa shape index (κ1) is 30.2. The Bertz CT molecular complexity index is 230. The van der Waals surface area contributed by atoms with Gasteiger partial charge in [-0.05, 0) is 55.8 Å². The molecule has 0 spiro atoms. The summed E-state index contributed by atoms with van der Waals surface area (Å²) in [5, 5.41) is 0. The van der Waals surface area contributed by atoms with Gasteiger partial charge in [0, 0.05) is 0 Å². The van der Waals surface area contributed by atoms with Gasteiger partial charge in [-0.2, -0.15) is 0 Å². The van der Waals surface area contributed by atoms with Crippen molar-refractivity contribution in [1.29, 1.82) is 0 Å². The maximum absolute atomic E-state index is 2.12. The summed E-state index contributed by atoms with van der Waals surface area (Å²) >= 11 is 0. The van der Waals surface area contributed by atoms with E-state index in [2.05, 4.69) is 55.4 Å². The zero-order valence-corrected chi connectivity index (χ0v) is 21.6. The van der Waals surface area contributed by atoms with Gasteiger partial charge >= 0.3 is 0 Å². The van der Waals surface area contributed by atoms with Crippen LogP contribution in [0.15, 0.2) is 0 Å². The highest BCUT2D eigenvalue weighted by Gasteiger charge is 2.48. The van der Waals surface area contributed by atoms with E-state index >= 15 is 0 Å². The highest BCUT2D eigenvalue weighted by atomic mass is 14.5. The van der Waals surface area contributed by atoms with Crippen molar-refractivity contribution in [3.63, 3.8) is 0 Å². The molecule has 2 unspecified atom stereocenters. The van der Waals surface area contributed by atoms with E-state index in [0.717, 1.165) is 0 Å². The van der Waals surface area contributed by atoms with Crippen LogP contribution >= 0.6 is 0 Å². The maximum atomic E-state index is 2.12. The van der Waals surface area contributed by atoms with Gasteiger partial charge in [-0.25, -0.2) is 0 Å². The molecule has 0 aromatic heterocycles. The van der Waals surface area contributed by atoms with Crippen LogP contribution in [0.5, 0.6) is 0 Å². The highest BCUT2D eigenvalue weighted by Crippen LogP contribution is 2.58. The van der Waals surface area contributed by atoms with Crippen LogP contribution in [0.25, 0.3) is 0 Å². The van der Waals surface area contributed by atoms with Crippen LogP contribution in [-0.2, 0) is 0 Å². The Labute approximate surface area is 182 Å². The first-order chi connectivity index (χ1) is 13.6. The first-order valence-corrected chi connectivity index (χ1v) is 13.6. The number of fused-ring (bicyclic) bond motifs is 5.